The van der Waals surface area contributed by atoms with Crippen LogP contribution < -0.4 is 15.4 Å². The van der Waals surface area contributed by atoms with Gasteiger partial charge in [-0.3, -0.25) is 5.32 Å². The molecule has 0 saturated carbocycles. The number of anilines is 1. The molecule has 0 atom stereocenters. The largest absolute Gasteiger partial charge is 0.477 e. The van der Waals surface area contributed by atoms with Crippen LogP contribution in [0.25, 0.3) is 0 Å². The number of carboxylic acid groups (broad SMARTS) is 1. The number of benzene rings is 1. The van der Waals surface area contributed by atoms with Crippen LogP contribution in [0, 0.1) is 12.7 Å². The molecule has 1 aromatic heterocycles. The molecule has 9 heteroatoms. The molecule has 0 radical (unpaired) electrons. The van der Waals surface area contributed by atoms with Crippen LogP contribution in [0.4, 0.5) is 14.2 Å². The fourth-order valence-corrected chi connectivity index (χ4v) is 2.60. The van der Waals surface area contributed by atoms with E-state index in [-0.39, 0.29) is 35.2 Å². The second-order valence-corrected chi connectivity index (χ2v) is 5.78. The highest BCUT2D eigenvalue weighted by Gasteiger charge is 2.23. The number of rotatable bonds is 7. The first kappa shape index (κ1) is 18.4. The summed E-state index contributed by atoms with van der Waals surface area (Å²) in [5.41, 5.74) is 0.748. The molecule has 0 aliphatic carbocycles. The lowest BCUT2D eigenvalue weighted by Crippen LogP contribution is -2.28. The van der Waals surface area contributed by atoms with E-state index in [1.807, 2.05) is 0 Å². The molecular formula is C16H16FN3O4S. The number of halogens is 1. The Morgan fingerprint density at radius 3 is 2.88 bits per heavy atom. The Kier molecular flexibility index (Phi) is 6.07. The molecule has 0 aliphatic rings. The third-order valence-electron chi connectivity index (χ3n) is 3.08. The number of hydrogen-bond donors (Lipinski definition) is 3. The third-order valence-corrected chi connectivity index (χ3v) is 3.83. The monoisotopic (exact) mass is 365 g/mol. The number of aryl methyl sites for hydroxylation is 1. The van der Waals surface area contributed by atoms with Gasteiger partial charge in [-0.05, 0) is 30.1 Å². The molecule has 0 unspecified atom stereocenters. The molecule has 7 nitrogen and oxygen atoms in total. The minimum Gasteiger partial charge on any atom is -0.477 e. The minimum absolute atomic E-state index is 0.0217. The SMILES string of the molecule is C=CCNC(=O)Nc1snc(OCc2ccc(C)cc2F)c1C(=O)O. The van der Waals surface area contributed by atoms with Gasteiger partial charge in [0, 0.05) is 12.1 Å². The van der Waals surface area contributed by atoms with Gasteiger partial charge >= 0.3 is 12.0 Å². The molecule has 0 bridgehead atoms. The first-order valence-corrected chi connectivity index (χ1v) is 7.96. The van der Waals surface area contributed by atoms with Crippen molar-refractivity contribution >= 4 is 28.5 Å². The maximum atomic E-state index is 13.8. The van der Waals surface area contributed by atoms with E-state index in [1.165, 1.54) is 12.1 Å². The number of nitrogens with one attached hydrogen (secondary N) is 2. The number of ether oxygens (including phenoxy) is 1. The van der Waals surface area contributed by atoms with Crippen LogP contribution in [0.5, 0.6) is 5.88 Å². The van der Waals surface area contributed by atoms with Gasteiger partial charge in [0.15, 0.2) is 5.56 Å². The normalized spacial score (nSPS) is 10.2. The standard InChI is InChI=1S/C16H16FN3O4S/c1-3-6-18-16(23)19-14-12(15(21)22)13(20-25-14)24-8-10-5-4-9(2)7-11(10)17/h3-5,7H,1,6,8H2,2H3,(H,21,22)(H2,18,19,23). The van der Waals surface area contributed by atoms with Gasteiger partial charge in [0.25, 0.3) is 0 Å². The molecule has 1 aromatic carbocycles. The maximum Gasteiger partial charge on any atom is 0.344 e. The van der Waals surface area contributed by atoms with Crippen molar-refractivity contribution in [2.24, 2.45) is 0 Å². The summed E-state index contributed by atoms with van der Waals surface area (Å²) in [6.45, 7) is 5.26. The van der Waals surface area contributed by atoms with E-state index >= 15 is 0 Å². The van der Waals surface area contributed by atoms with Crippen molar-refractivity contribution in [3.05, 3.63) is 53.4 Å². The summed E-state index contributed by atoms with van der Waals surface area (Å²) >= 11 is 0.761. The maximum absolute atomic E-state index is 13.8. The molecule has 2 rings (SSSR count). The molecule has 2 amide bonds. The predicted octanol–water partition coefficient (Wildman–Crippen LogP) is 3.18. The number of carbonyl (C=O) groups excluding carboxylic acids is 1. The third kappa shape index (κ3) is 4.77. The Morgan fingerprint density at radius 1 is 1.48 bits per heavy atom. The molecule has 0 aliphatic heterocycles. The number of hydrogen-bond acceptors (Lipinski definition) is 5. The highest BCUT2D eigenvalue weighted by Crippen LogP contribution is 2.31. The Hall–Kier alpha value is -2.94. The van der Waals surface area contributed by atoms with E-state index in [0.29, 0.717) is 0 Å². The number of carboxylic acids is 1. The van der Waals surface area contributed by atoms with Crippen molar-refractivity contribution in [3.8, 4) is 5.88 Å². The fourth-order valence-electron chi connectivity index (χ4n) is 1.88. The summed E-state index contributed by atoms with van der Waals surface area (Å²) < 4.78 is 23.0. The predicted molar refractivity (Wildman–Crippen MR) is 91.8 cm³/mol. The molecule has 25 heavy (non-hydrogen) atoms. The summed E-state index contributed by atoms with van der Waals surface area (Å²) in [6, 6.07) is 4.04. The van der Waals surface area contributed by atoms with E-state index < -0.39 is 17.8 Å². The van der Waals surface area contributed by atoms with Crippen LogP contribution in [0.15, 0.2) is 30.9 Å². The Bertz CT molecular complexity index is 807. The zero-order valence-electron chi connectivity index (χ0n) is 13.3. The van der Waals surface area contributed by atoms with E-state index in [1.54, 1.807) is 19.1 Å². The Balaban J connectivity index is 2.14. The van der Waals surface area contributed by atoms with Gasteiger partial charge in [0.1, 0.15) is 17.4 Å². The lowest BCUT2D eigenvalue weighted by atomic mass is 10.1. The van der Waals surface area contributed by atoms with Gasteiger partial charge in [-0.1, -0.05) is 18.2 Å². The van der Waals surface area contributed by atoms with Crippen molar-refractivity contribution < 1.29 is 23.8 Å². The number of urea groups is 1. The topological polar surface area (TPSA) is 101 Å². The highest BCUT2D eigenvalue weighted by molar-refractivity contribution is 7.11. The van der Waals surface area contributed by atoms with Crippen molar-refractivity contribution in [1.29, 1.82) is 0 Å². The van der Waals surface area contributed by atoms with Crippen molar-refractivity contribution in [2.45, 2.75) is 13.5 Å². The minimum atomic E-state index is -1.31. The Labute approximate surface area is 147 Å². The van der Waals surface area contributed by atoms with Crippen LogP contribution in [-0.2, 0) is 6.61 Å². The number of aromatic carboxylic acids is 1. The van der Waals surface area contributed by atoms with Crippen LogP contribution in [0.3, 0.4) is 0 Å². The molecule has 132 valence electrons. The van der Waals surface area contributed by atoms with Crippen LogP contribution in [0.1, 0.15) is 21.5 Å². The zero-order chi connectivity index (χ0) is 18.4. The first-order valence-electron chi connectivity index (χ1n) is 7.19. The number of nitrogens with zero attached hydrogens (tertiary/aromatic N) is 1. The van der Waals surface area contributed by atoms with Gasteiger partial charge in [0.05, 0.1) is 0 Å². The quantitative estimate of drug-likeness (QED) is 0.654. The van der Waals surface area contributed by atoms with Crippen LogP contribution in [-0.4, -0.2) is 28.0 Å². The summed E-state index contributed by atoms with van der Waals surface area (Å²) in [5, 5.41) is 14.2. The van der Waals surface area contributed by atoms with E-state index in [9.17, 15) is 19.1 Å². The second kappa shape index (κ2) is 8.25. The van der Waals surface area contributed by atoms with Gasteiger partial charge < -0.3 is 15.2 Å². The van der Waals surface area contributed by atoms with E-state index in [4.69, 9.17) is 4.74 Å². The summed E-state index contributed by atoms with van der Waals surface area (Å²) in [6.07, 6.45) is 1.48. The highest BCUT2D eigenvalue weighted by atomic mass is 32.1. The lowest BCUT2D eigenvalue weighted by molar-refractivity contribution is 0.0693. The summed E-state index contributed by atoms with van der Waals surface area (Å²) in [4.78, 5) is 23.1. The zero-order valence-corrected chi connectivity index (χ0v) is 14.2. The van der Waals surface area contributed by atoms with Gasteiger partial charge in [-0.15, -0.1) is 6.58 Å². The molecule has 0 saturated heterocycles. The van der Waals surface area contributed by atoms with Gasteiger partial charge in [0.2, 0.25) is 5.88 Å². The van der Waals surface area contributed by atoms with Crippen molar-refractivity contribution in [1.82, 2.24) is 9.69 Å². The first-order chi connectivity index (χ1) is 11.9. The average molecular weight is 365 g/mol. The molecule has 1 heterocycles. The smallest absolute Gasteiger partial charge is 0.344 e. The van der Waals surface area contributed by atoms with Gasteiger partial charge in [-0.2, -0.15) is 4.37 Å². The number of aromatic nitrogens is 1. The summed E-state index contributed by atoms with van der Waals surface area (Å²) in [5.74, 6) is -1.95. The van der Waals surface area contributed by atoms with Crippen LogP contribution >= 0.6 is 11.5 Å². The molecule has 2 aromatic rings. The fraction of sp³-hybridized carbons (Fsp3) is 0.188. The molecular weight excluding hydrogens is 349 g/mol. The van der Waals surface area contributed by atoms with Gasteiger partial charge in [-0.25, -0.2) is 14.0 Å². The van der Waals surface area contributed by atoms with Crippen molar-refractivity contribution in [2.75, 3.05) is 11.9 Å². The number of amides is 2. The Morgan fingerprint density at radius 2 is 2.24 bits per heavy atom. The second-order valence-electron chi connectivity index (χ2n) is 5.00. The van der Waals surface area contributed by atoms with Crippen molar-refractivity contribution in [3.63, 3.8) is 0 Å². The molecule has 3 N–H and O–H groups in total. The van der Waals surface area contributed by atoms with E-state index in [2.05, 4.69) is 21.6 Å². The summed E-state index contributed by atoms with van der Waals surface area (Å²) in [7, 11) is 0. The average Bonchev–Trinajstić information content (AvgIpc) is 2.94. The number of carbonyl (C=O) groups is 2. The molecule has 0 spiro atoms. The molecule has 0 fully saturated rings. The lowest BCUT2D eigenvalue weighted by Gasteiger charge is -2.07. The van der Waals surface area contributed by atoms with Crippen LogP contribution in [0.2, 0.25) is 0 Å². The van der Waals surface area contributed by atoms with E-state index in [0.717, 1.165) is 17.1 Å².